The summed E-state index contributed by atoms with van der Waals surface area (Å²) in [5.74, 6) is 0.434. The van der Waals surface area contributed by atoms with Crippen molar-refractivity contribution in [2.24, 2.45) is 12.8 Å². The Labute approximate surface area is 149 Å². The molecule has 1 aromatic carbocycles. The summed E-state index contributed by atoms with van der Waals surface area (Å²) in [5, 5.41) is 4.50. The van der Waals surface area contributed by atoms with Gasteiger partial charge in [0.15, 0.2) is 4.77 Å². The van der Waals surface area contributed by atoms with Crippen LogP contribution in [0.25, 0.3) is 0 Å². The van der Waals surface area contributed by atoms with E-state index in [0.29, 0.717) is 17.9 Å². The van der Waals surface area contributed by atoms with E-state index in [9.17, 15) is 4.79 Å². The van der Waals surface area contributed by atoms with Crippen molar-refractivity contribution in [3.8, 4) is 0 Å². The van der Waals surface area contributed by atoms with Crippen molar-refractivity contribution in [3.05, 3.63) is 44.9 Å². The third-order valence-electron chi connectivity index (χ3n) is 3.47. The first-order valence-electron chi connectivity index (χ1n) is 7.21. The fourth-order valence-electron chi connectivity index (χ4n) is 2.26. The number of carbonyl (C=O) groups excluding carboxylic acids is 1. The standard InChI is InChI=1S/C15H20BrN5OS/c1-19(9-11-3-5-12(16)6-4-11)10-21-15(23)20(2)14(18-21)8-7-13(17)22/h3-6H,7-10H2,1-2H3,(H2,17,22). The molecule has 1 heterocycles. The summed E-state index contributed by atoms with van der Waals surface area (Å²) in [6, 6.07) is 8.21. The van der Waals surface area contributed by atoms with Crippen molar-refractivity contribution in [2.75, 3.05) is 7.05 Å². The summed E-state index contributed by atoms with van der Waals surface area (Å²) in [4.78, 5) is 13.1. The molecule has 2 aromatic rings. The Kier molecular flexibility index (Phi) is 6.09. The number of benzene rings is 1. The molecular formula is C15H20BrN5OS. The predicted molar refractivity (Wildman–Crippen MR) is 95.2 cm³/mol. The van der Waals surface area contributed by atoms with Gasteiger partial charge in [0.05, 0.1) is 6.67 Å². The third-order valence-corrected chi connectivity index (χ3v) is 4.48. The maximum absolute atomic E-state index is 10.9. The van der Waals surface area contributed by atoms with E-state index in [1.165, 1.54) is 5.56 Å². The molecule has 0 saturated heterocycles. The van der Waals surface area contributed by atoms with Crippen molar-refractivity contribution in [3.63, 3.8) is 0 Å². The predicted octanol–water partition coefficient (Wildman–Crippen LogP) is 2.22. The Morgan fingerprint density at radius 2 is 2.04 bits per heavy atom. The Hall–Kier alpha value is -1.51. The first-order valence-corrected chi connectivity index (χ1v) is 8.41. The highest BCUT2D eigenvalue weighted by Gasteiger charge is 2.10. The molecule has 1 amide bonds. The van der Waals surface area contributed by atoms with E-state index in [2.05, 4.69) is 38.1 Å². The highest BCUT2D eigenvalue weighted by atomic mass is 79.9. The number of hydrogen-bond acceptors (Lipinski definition) is 4. The van der Waals surface area contributed by atoms with E-state index in [-0.39, 0.29) is 12.3 Å². The minimum absolute atomic E-state index is 0.272. The number of amides is 1. The van der Waals surface area contributed by atoms with Crippen LogP contribution in [0.4, 0.5) is 0 Å². The maximum Gasteiger partial charge on any atom is 0.217 e. The van der Waals surface area contributed by atoms with Gasteiger partial charge in [-0.3, -0.25) is 9.69 Å². The summed E-state index contributed by atoms with van der Waals surface area (Å²) >= 11 is 8.84. The van der Waals surface area contributed by atoms with Gasteiger partial charge in [-0.2, -0.15) is 5.10 Å². The second kappa shape index (κ2) is 7.85. The van der Waals surface area contributed by atoms with Gasteiger partial charge >= 0.3 is 0 Å². The van der Waals surface area contributed by atoms with Crippen LogP contribution >= 0.6 is 28.1 Å². The van der Waals surface area contributed by atoms with Crippen molar-refractivity contribution < 1.29 is 4.79 Å². The summed E-state index contributed by atoms with van der Waals surface area (Å²) in [7, 11) is 3.87. The average molecular weight is 398 g/mol. The molecule has 0 aliphatic heterocycles. The van der Waals surface area contributed by atoms with Crippen molar-refractivity contribution in [1.82, 2.24) is 19.2 Å². The highest BCUT2D eigenvalue weighted by Crippen LogP contribution is 2.12. The molecule has 1 aromatic heterocycles. The molecule has 0 aliphatic carbocycles. The molecule has 2 rings (SSSR count). The van der Waals surface area contributed by atoms with Gasteiger partial charge in [0.25, 0.3) is 0 Å². The largest absolute Gasteiger partial charge is 0.370 e. The smallest absolute Gasteiger partial charge is 0.217 e. The van der Waals surface area contributed by atoms with Crippen LogP contribution in [0.15, 0.2) is 28.7 Å². The minimum Gasteiger partial charge on any atom is -0.370 e. The number of primary amides is 1. The first-order chi connectivity index (χ1) is 10.9. The lowest BCUT2D eigenvalue weighted by Gasteiger charge is -2.16. The summed E-state index contributed by atoms with van der Waals surface area (Å²) < 4.78 is 5.29. The summed E-state index contributed by atoms with van der Waals surface area (Å²) in [6.45, 7) is 1.38. The molecule has 8 heteroatoms. The number of carbonyl (C=O) groups is 1. The van der Waals surface area contributed by atoms with Gasteiger partial charge in [0, 0.05) is 30.9 Å². The number of aromatic nitrogens is 3. The van der Waals surface area contributed by atoms with Gasteiger partial charge in [-0.25, -0.2) is 4.68 Å². The number of nitrogens with zero attached hydrogens (tertiary/aromatic N) is 4. The zero-order chi connectivity index (χ0) is 17.0. The second-order valence-electron chi connectivity index (χ2n) is 5.51. The Morgan fingerprint density at radius 3 is 2.65 bits per heavy atom. The molecule has 0 spiro atoms. The van der Waals surface area contributed by atoms with E-state index >= 15 is 0 Å². The highest BCUT2D eigenvalue weighted by molar-refractivity contribution is 9.10. The van der Waals surface area contributed by atoms with Crippen LogP contribution in [0.3, 0.4) is 0 Å². The van der Waals surface area contributed by atoms with Crippen LogP contribution in [-0.2, 0) is 31.5 Å². The van der Waals surface area contributed by atoms with E-state index in [4.69, 9.17) is 18.0 Å². The molecule has 0 unspecified atom stereocenters. The van der Waals surface area contributed by atoms with E-state index in [1.54, 1.807) is 4.68 Å². The number of rotatable bonds is 7. The zero-order valence-electron chi connectivity index (χ0n) is 13.2. The van der Waals surface area contributed by atoms with Crippen LogP contribution < -0.4 is 5.73 Å². The SMILES string of the molecule is CN(Cc1ccc(Br)cc1)Cn1nc(CCC(N)=O)n(C)c1=S. The molecule has 124 valence electrons. The van der Waals surface area contributed by atoms with Crippen LogP contribution in [0.2, 0.25) is 0 Å². The lowest BCUT2D eigenvalue weighted by atomic mass is 10.2. The quantitative estimate of drug-likeness (QED) is 0.727. The van der Waals surface area contributed by atoms with E-state index < -0.39 is 0 Å². The van der Waals surface area contributed by atoms with Crippen molar-refractivity contribution in [2.45, 2.75) is 26.1 Å². The number of halogens is 1. The number of nitrogens with two attached hydrogens (primary N) is 1. The van der Waals surface area contributed by atoms with Crippen LogP contribution in [0.1, 0.15) is 17.8 Å². The Morgan fingerprint density at radius 1 is 1.39 bits per heavy atom. The molecule has 6 nitrogen and oxygen atoms in total. The zero-order valence-corrected chi connectivity index (χ0v) is 15.6. The van der Waals surface area contributed by atoms with Crippen molar-refractivity contribution >= 4 is 34.1 Å². The average Bonchev–Trinajstić information content (AvgIpc) is 2.75. The maximum atomic E-state index is 10.9. The molecule has 23 heavy (non-hydrogen) atoms. The summed E-state index contributed by atoms with van der Waals surface area (Å²) in [6.07, 6.45) is 0.771. The molecule has 0 aliphatic rings. The number of hydrogen-bond donors (Lipinski definition) is 1. The van der Waals surface area contributed by atoms with Gasteiger partial charge < -0.3 is 10.3 Å². The molecular weight excluding hydrogens is 378 g/mol. The van der Waals surface area contributed by atoms with Crippen LogP contribution in [0, 0.1) is 4.77 Å². The molecule has 0 bridgehead atoms. The molecule has 0 radical (unpaired) electrons. The van der Waals surface area contributed by atoms with E-state index in [0.717, 1.165) is 16.8 Å². The minimum atomic E-state index is -0.335. The first kappa shape index (κ1) is 17.8. The molecule has 2 N–H and O–H groups in total. The van der Waals surface area contributed by atoms with Gasteiger partial charge in [-0.15, -0.1) is 0 Å². The van der Waals surface area contributed by atoms with Crippen LogP contribution in [-0.4, -0.2) is 32.2 Å². The van der Waals surface area contributed by atoms with E-state index in [1.807, 2.05) is 30.8 Å². The third kappa shape index (κ3) is 4.98. The topological polar surface area (TPSA) is 69.1 Å². The van der Waals surface area contributed by atoms with Gasteiger partial charge in [-0.05, 0) is 37.0 Å². The van der Waals surface area contributed by atoms with Crippen molar-refractivity contribution in [1.29, 1.82) is 0 Å². The molecule has 0 saturated carbocycles. The van der Waals surface area contributed by atoms with Gasteiger partial charge in [-0.1, -0.05) is 28.1 Å². The number of aryl methyl sites for hydroxylation is 1. The van der Waals surface area contributed by atoms with Gasteiger partial charge in [0.2, 0.25) is 5.91 Å². The molecule has 0 atom stereocenters. The Bertz CT molecular complexity index is 737. The molecule has 0 fully saturated rings. The second-order valence-corrected chi connectivity index (χ2v) is 6.79. The van der Waals surface area contributed by atoms with Crippen LogP contribution in [0.5, 0.6) is 0 Å². The lowest BCUT2D eigenvalue weighted by Crippen LogP contribution is -2.22. The Balaban J connectivity index is 2.04. The fourth-order valence-corrected chi connectivity index (χ4v) is 2.73. The monoisotopic (exact) mass is 397 g/mol. The summed E-state index contributed by atoms with van der Waals surface area (Å²) in [5.41, 5.74) is 6.41. The van der Waals surface area contributed by atoms with Gasteiger partial charge in [0.1, 0.15) is 5.82 Å². The lowest BCUT2D eigenvalue weighted by molar-refractivity contribution is -0.118. The normalized spacial score (nSPS) is 11.1. The fraction of sp³-hybridized carbons (Fsp3) is 0.400.